The van der Waals surface area contributed by atoms with Gasteiger partial charge in [0.15, 0.2) is 0 Å². The fourth-order valence-electron chi connectivity index (χ4n) is 2.32. The average molecular weight is 239 g/mol. The van der Waals surface area contributed by atoms with Crippen LogP contribution in [0, 0.1) is 41.9 Å². The van der Waals surface area contributed by atoms with Gasteiger partial charge in [0.05, 0.1) is 12.1 Å². The van der Waals surface area contributed by atoms with Crippen molar-refractivity contribution in [1.29, 1.82) is 10.5 Å². The van der Waals surface area contributed by atoms with Crippen molar-refractivity contribution in [2.75, 3.05) is 18.0 Å². The third-order valence-electron chi connectivity index (χ3n) is 3.90. The van der Waals surface area contributed by atoms with Crippen LogP contribution in [0.2, 0.25) is 0 Å². The van der Waals surface area contributed by atoms with Crippen molar-refractivity contribution < 1.29 is 0 Å². The molecule has 0 atom stereocenters. The number of nitrogens with zero attached hydrogens (tertiary/aromatic N) is 3. The number of benzene rings is 1. The number of anilines is 1. The first-order valence-corrected chi connectivity index (χ1v) is 6.25. The van der Waals surface area contributed by atoms with Gasteiger partial charge in [0.1, 0.15) is 5.41 Å². The van der Waals surface area contributed by atoms with E-state index in [0.29, 0.717) is 12.8 Å². The average Bonchev–Trinajstić information content (AvgIpc) is 2.42. The van der Waals surface area contributed by atoms with E-state index in [1.54, 1.807) is 0 Å². The monoisotopic (exact) mass is 239 g/mol. The maximum atomic E-state index is 9.09. The summed E-state index contributed by atoms with van der Waals surface area (Å²) in [5.74, 6) is 0. The van der Waals surface area contributed by atoms with Crippen LogP contribution in [0.3, 0.4) is 0 Å². The standard InChI is InChI=1S/C15H17N3/c1-12-3-4-14(9-13(12)2)18-7-5-15(10-16,11-17)6-8-18/h3-4,9H,5-8H2,1-2H3. The Balaban J connectivity index is 2.13. The number of piperidine rings is 1. The van der Waals surface area contributed by atoms with Crippen LogP contribution in [0.25, 0.3) is 0 Å². The van der Waals surface area contributed by atoms with Gasteiger partial charge in [-0.05, 0) is 49.9 Å². The van der Waals surface area contributed by atoms with Gasteiger partial charge in [-0.1, -0.05) is 6.07 Å². The van der Waals surface area contributed by atoms with Crippen molar-refractivity contribution >= 4 is 5.69 Å². The topological polar surface area (TPSA) is 50.8 Å². The molecule has 1 fully saturated rings. The highest BCUT2D eigenvalue weighted by molar-refractivity contribution is 5.51. The number of hydrogen-bond acceptors (Lipinski definition) is 3. The number of hydrogen-bond donors (Lipinski definition) is 0. The third kappa shape index (κ3) is 2.17. The summed E-state index contributed by atoms with van der Waals surface area (Å²) in [5, 5.41) is 18.2. The summed E-state index contributed by atoms with van der Waals surface area (Å²) in [6.07, 6.45) is 1.26. The van der Waals surface area contributed by atoms with Crippen LogP contribution in [0.15, 0.2) is 18.2 Å². The van der Waals surface area contributed by atoms with Crippen molar-refractivity contribution in [1.82, 2.24) is 0 Å². The van der Waals surface area contributed by atoms with Gasteiger partial charge in [-0.2, -0.15) is 10.5 Å². The number of aryl methyl sites for hydroxylation is 2. The quantitative estimate of drug-likeness (QED) is 0.757. The molecule has 0 radical (unpaired) electrons. The van der Waals surface area contributed by atoms with Gasteiger partial charge >= 0.3 is 0 Å². The Morgan fingerprint density at radius 3 is 2.17 bits per heavy atom. The second kappa shape index (κ2) is 4.70. The molecule has 1 aromatic rings. The highest BCUT2D eigenvalue weighted by Gasteiger charge is 2.34. The highest BCUT2D eigenvalue weighted by Crippen LogP contribution is 2.32. The molecule has 0 spiro atoms. The van der Waals surface area contributed by atoms with Gasteiger partial charge in [-0.3, -0.25) is 0 Å². The van der Waals surface area contributed by atoms with Crippen molar-refractivity contribution in [3.8, 4) is 12.1 Å². The van der Waals surface area contributed by atoms with Crippen LogP contribution in [0.4, 0.5) is 5.69 Å². The van der Waals surface area contributed by atoms with Crippen LogP contribution in [-0.2, 0) is 0 Å². The Labute approximate surface area is 108 Å². The summed E-state index contributed by atoms with van der Waals surface area (Å²) in [6.45, 7) is 5.77. The third-order valence-corrected chi connectivity index (χ3v) is 3.90. The zero-order valence-electron chi connectivity index (χ0n) is 10.9. The molecule has 1 aromatic carbocycles. The van der Waals surface area contributed by atoms with E-state index in [1.165, 1.54) is 16.8 Å². The van der Waals surface area contributed by atoms with Crippen LogP contribution in [-0.4, -0.2) is 13.1 Å². The summed E-state index contributed by atoms with van der Waals surface area (Å²) in [6, 6.07) is 10.8. The van der Waals surface area contributed by atoms with E-state index < -0.39 is 5.41 Å². The van der Waals surface area contributed by atoms with E-state index >= 15 is 0 Å². The van der Waals surface area contributed by atoms with Crippen molar-refractivity contribution in [3.63, 3.8) is 0 Å². The second-order valence-corrected chi connectivity index (χ2v) is 5.06. The smallest absolute Gasteiger partial charge is 0.147 e. The molecule has 92 valence electrons. The van der Waals surface area contributed by atoms with Crippen LogP contribution >= 0.6 is 0 Å². The van der Waals surface area contributed by atoms with Gasteiger partial charge in [0.2, 0.25) is 0 Å². The molecular formula is C15H17N3. The molecule has 1 aliphatic rings. The summed E-state index contributed by atoms with van der Waals surface area (Å²) in [4.78, 5) is 2.26. The molecule has 3 nitrogen and oxygen atoms in total. The van der Waals surface area contributed by atoms with Crippen molar-refractivity contribution in [3.05, 3.63) is 29.3 Å². The zero-order valence-corrected chi connectivity index (χ0v) is 10.9. The Kier molecular flexibility index (Phi) is 3.26. The van der Waals surface area contributed by atoms with Crippen LogP contribution in [0.5, 0.6) is 0 Å². The minimum absolute atomic E-state index is 0.632. The predicted molar refractivity (Wildman–Crippen MR) is 71.0 cm³/mol. The molecule has 0 aliphatic carbocycles. The molecule has 0 bridgehead atoms. The van der Waals surface area contributed by atoms with E-state index in [0.717, 1.165) is 13.1 Å². The molecular weight excluding hydrogens is 222 g/mol. The Bertz CT molecular complexity index is 510. The molecule has 2 rings (SSSR count). The molecule has 0 amide bonds. The van der Waals surface area contributed by atoms with Crippen molar-refractivity contribution in [2.45, 2.75) is 26.7 Å². The highest BCUT2D eigenvalue weighted by atomic mass is 15.1. The molecule has 0 saturated carbocycles. The fraction of sp³-hybridized carbons (Fsp3) is 0.467. The second-order valence-electron chi connectivity index (χ2n) is 5.06. The Morgan fingerprint density at radius 1 is 1.06 bits per heavy atom. The molecule has 0 unspecified atom stereocenters. The molecule has 3 heteroatoms. The number of nitriles is 2. The van der Waals surface area contributed by atoms with Gasteiger partial charge in [-0.25, -0.2) is 0 Å². The largest absolute Gasteiger partial charge is 0.371 e. The van der Waals surface area contributed by atoms with Gasteiger partial charge in [0.25, 0.3) is 0 Å². The van der Waals surface area contributed by atoms with Crippen molar-refractivity contribution in [2.24, 2.45) is 5.41 Å². The Morgan fingerprint density at radius 2 is 1.67 bits per heavy atom. The van der Waals surface area contributed by atoms with Crippen LogP contribution in [0.1, 0.15) is 24.0 Å². The molecule has 0 aromatic heterocycles. The number of rotatable bonds is 1. The summed E-state index contributed by atoms with van der Waals surface area (Å²) in [7, 11) is 0. The van der Waals surface area contributed by atoms with Gasteiger partial charge in [0, 0.05) is 18.8 Å². The summed E-state index contributed by atoms with van der Waals surface area (Å²) < 4.78 is 0. The molecule has 1 heterocycles. The Hall–Kier alpha value is -2.00. The lowest BCUT2D eigenvalue weighted by Crippen LogP contribution is -2.38. The first-order chi connectivity index (χ1) is 8.60. The van der Waals surface area contributed by atoms with E-state index in [4.69, 9.17) is 10.5 Å². The van der Waals surface area contributed by atoms with Gasteiger partial charge in [-0.15, -0.1) is 0 Å². The lowest BCUT2D eigenvalue weighted by atomic mass is 9.81. The predicted octanol–water partition coefficient (Wildman–Crippen LogP) is 2.94. The van der Waals surface area contributed by atoms with Gasteiger partial charge < -0.3 is 4.90 Å². The summed E-state index contributed by atoms with van der Waals surface area (Å²) >= 11 is 0. The SMILES string of the molecule is Cc1ccc(N2CCC(C#N)(C#N)CC2)cc1C. The van der Waals surface area contributed by atoms with E-state index in [-0.39, 0.29) is 0 Å². The normalized spacial score (nSPS) is 17.9. The minimum Gasteiger partial charge on any atom is -0.371 e. The first-order valence-electron chi connectivity index (χ1n) is 6.25. The first kappa shape index (κ1) is 12.5. The molecule has 1 saturated heterocycles. The zero-order chi connectivity index (χ0) is 13.2. The molecule has 18 heavy (non-hydrogen) atoms. The molecule has 1 aliphatic heterocycles. The maximum Gasteiger partial charge on any atom is 0.147 e. The lowest BCUT2D eigenvalue weighted by molar-refractivity contribution is 0.393. The van der Waals surface area contributed by atoms with E-state index in [1.807, 2.05) is 0 Å². The van der Waals surface area contributed by atoms with Crippen LogP contribution < -0.4 is 4.90 Å². The fourth-order valence-corrected chi connectivity index (χ4v) is 2.32. The minimum atomic E-state index is -0.768. The lowest BCUT2D eigenvalue weighted by Gasteiger charge is -2.35. The summed E-state index contributed by atoms with van der Waals surface area (Å²) in [5.41, 5.74) is 3.00. The van der Waals surface area contributed by atoms with E-state index in [9.17, 15) is 0 Å². The molecule has 0 N–H and O–H groups in total. The maximum absolute atomic E-state index is 9.09. The van der Waals surface area contributed by atoms with E-state index in [2.05, 4.69) is 49.1 Å².